The van der Waals surface area contributed by atoms with Gasteiger partial charge in [-0.15, -0.1) is 0 Å². The lowest BCUT2D eigenvalue weighted by molar-refractivity contribution is 0.0604. The van der Waals surface area contributed by atoms with Crippen LogP contribution in [0.1, 0.15) is 53.2 Å². The van der Waals surface area contributed by atoms with Gasteiger partial charge in [-0.2, -0.15) is 0 Å². The summed E-state index contributed by atoms with van der Waals surface area (Å²) < 4.78 is 2.04. The van der Waals surface area contributed by atoms with Crippen molar-refractivity contribution >= 4 is 16.8 Å². The molecule has 5 heteroatoms. The third-order valence-electron chi connectivity index (χ3n) is 6.69. The van der Waals surface area contributed by atoms with Gasteiger partial charge in [0.05, 0.1) is 24.1 Å². The van der Waals surface area contributed by atoms with Crippen LogP contribution in [0.15, 0.2) is 73.3 Å². The number of carbonyl (C=O) groups is 1. The first-order valence-corrected chi connectivity index (χ1v) is 11.1. The van der Waals surface area contributed by atoms with E-state index in [1.165, 1.54) is 5.56 Å². The van der Waals surface area contributed by atoms with Crippen LogP contribution in [-0.2, 0) is 13.6 Å². The Kier molecular flexibility index (Phi) is 5.33. The highest BCUT2D eigenvalue weighted by atomic mass is 16.2. The van der Waals surface area contributed by atoms with Crippen LogP contribution in [0, 0.1) is 0 Å². The molecule has 158 valence electrons. The maximum absolute atomic E-state index is 13.8. The van der Waals surface area contributed by atoms with E-state index in [-0.39, 0.29) is 11.9 Å². The van der Waals surface area contributed by atoms with Crippen molar-refractivity contribution in [1.29, 1.82) is 0 Å². The number of hydrogen-bond donors (Lipinski definition) is 1. The van der Waals surface area contributed by atoms with Crippen molar-refractivity contribution in [2.45, 2.75) is 44.2 Å². The first-order chi connectivity index (χ1) is 15.2. The van der Waals surface area contributed by atoms with Gasteiger partial charge in [-0.25, -0.2) is 4.98 Å². The number of fused-ring (bicyclic) bond motifs is 1. The molecule has 1 N–H and O–H groups in total. The van der Waals surface area contributed by atoms with Crippen molar-refractivity contribution in [3.05, 3.63) is 90.1 Å². The summed E-state index contributed by atoms with van der Waals surface area (Å²) in [4.78, 5) is 23.2. The highest BCUT2D eigenvalue weighted by molar-refractivity contribution is 6.07. The summed E-state index contributed by atoms with van der Waals surface area (Å²) in [6, 6.07) is 19.1. The second-order valence-electron chi connectivity index (χ2n) is 8.60. The van der Waals surface area contributed by atoms with Crippen LogP contribution in [-0.4, -0.2) is 31.4 Å². The van der Waals surface area contributed by atoms with Crippen LogP contribution in [0.25, 0.3) is 10.9 Å². The van der Waals surface area contributed by atoms with E-state index in [0.29, 0.717) is 12.5 Å². The summed E-state index contributed by atoms with van der Waals surface area (Å²) in [5.74, 6) is 0.689. The lowest BCUT2D eigenvalue weighted by atomic mass is 9.81. The monoisotopic (exact) mass is 412 g/mol. The van der Waals surface area contributed by atoms with Crippen LogP contribution < -0.4 is 0 Å². The molecule has 1 saturated carbocycles. The fraction of sp³-hybridized carbons (Fsp3) is 0.308. The average Bonchev–Trinajstić information content (AvgIpc) is 3.46. The summed E-state index contributed by atoms with van der Waals surface area (Å²) in [6.07, 6.45) is 9.73. The summed E-state index contributed by atoms with van der Waals surface area (Å²) in [6.45, 7) is 0.558. The van der Waals surface area contributed by atoms with E-state index in [1.54, 1.807) is 6.33 Å². The Bertz CT molecular complexity index is 1150. The summed E-state index contributed by atoms with van der Waals surface area (Å²) in [5, 5.41) is 1.02. The quantitative estimate of drug-likeness (QED) is 0.485. The minimum absolute atomic E-state index is 0.106. The van der Waals surface area contributed by atoms with Crippen molar-refractivity contribution in [3.8, 4) is 0 Å². The van der Waals surface area contributed by atoms with Gasteiger partial charge in [-0.3, -0.25) is 4.79 Å². The van der Waals surface area contributed by atoms with Crippen molar-refractivity contribution in [3.63, 3.8) is 0 Å². The molecule has 2 heterocycles. The molecule has 0 saturated heterocycles. The van der Waals surface area contributed by atoms with Crippen molar-refractivity contribution in [1.82, 2.24) is 19.4 Å². The number of aromatic nitrogens is 3. The minimum atomic E-state index is 0.106. The van der Waals surface area contributed by atoms with Gasteiger partial charge in [0.15, 0.2) is 0 Å². The number of benzene rings is 2. The molecule has 0 aliphatic heterocycles. The molecule has 0 radical (unpaired) electrons. The van der Waals surface area contributed by atoms with E-state index in [1.807, 2.05) is 42.2 Å². The van der Waals surface area contributed by atoms with E-state index >= 15 is 0 Å². The Balaban J connectivity index is 1.41. The number of hydrogen-bond acceptors (Lipinski definition) is 2. The lowest BCUT2D eigenvalue weighted by Crippen LogP contribution is -2.41. The summed E-state index contributed by atoms with van der Waals surface area (Å²) >= 11 is 0. The standard InChI is InChI=1S/C26H28N4O/c1-29-17-24(23-9-5-6-10-25(23)29)26(31)30(16-21-15-27-18-28-21)22-13-11-20(12-14-22)19-7-3-2-4-8-19/h2-10,15,17-18,20,22H,11-14,16H2,1H3,(H,27,28). The molecule has 31 heavy (non-hydrogen) atoms. The maximum atomic E-state index is 13.8. The number of nitrogens with one attached hydrogen (secondary N) is 1. The molecule has 1 aliphatic carbocycles. The minimum Gasteiger partial charge on any atom is -0.350 e. The zero-order chi connectivity index (χ0) is 21.2. The second-order valence-corrected chi connectivity index (χ2v) is 8.60. The zero-order valence-electron chi connectivity index (χ0n) is 17.9. The molecule has 4 aromatic rings. The van der Waals surface area contributed by atoms with Gasteiger partial charge in [0.1, 0.15) is 0 Å². The first kappa shape index (κ1) is 19.6. The number of para-hydroxylation sites is 1. The number of amides is 1. The van der Waals surface area contributed by atoms with Gasteiger partial charge in [0.2, 0.25) is 0 Å². The van der Waals surface area contributed by atoms with Crippen molar-refractivity contribution < 1.29 is 4.79 Å². The van der Waals surface area contributed by atoms with Crippen LogP contribution in [0.3, 0.4) is 0 Å². The molecule has 1 amide bonds. The average molecular weight is 413 g/mol. The predicted molar refractivity (Wildman–Crippen MR) is 123 cm³/mol. The van der Waals surface area contributed by atoms with Crippen LogP contribution in [0.2, 0.25) is 0 Å². The largest absolute Gasteiger partial charge is 0.350 e. The number of H-pyrrole nitrogens is 1. The van der Waals surface area contributed by atoms with Gasteiger partial charge in [0, 0.05) is 36.4 Å². The SMILES string of the molecule is Cn1cc(C(=O)N(Cc2cnc[nH]2)C2CCC(c3ccccc3)CC2)c2ccccc21. The van der Waals surface area contributed by atoms with Gasteiger partial charge in [-0.05, 0) is 43.2 Å². The first-order valence-electron chi connectivity index (χ1n) is 11.1. The summed E-state index contributed by atoms with van der Waals surface area (Å²) in [7, 11) is 2.00. The number of aryl methyl sites for hydroxylation is 1. The molecule has 1 fully saturated rings. The topological polar surface area (TPSA) is 53.9 Å². The van der Waals surface area contributed by atoms with Gasteiger partial charge in [-0.1, -0.05) is 48.5 Å². The van der Waals surface area contributed by atoms with Gasteiger partial charge >= 0.3 is 0 Å². The van der Waals surface area contributed by atoms with Crippen molar-refractivity contribution in [2.24, 2.45) is 7.05 Å². The Morgan fingerprint density at radius 2 is 1.81 bits per heavy atom. The molecule has 0 spiro atoms. The maximum Gasteiger partial charge on any atom is 0.256 e. The molecule has 0 bridgehead atoms. The van der Waals surface area contributed by atoms with E-state index in [4.69, 9.17) is 0 Å². The Hall–Kier alpha value is -3.34. The number of rotatable bonds is 5. The molecule has 5 nitrogen and oxygen atoms in total. The lowest BCUT2D eigenvalue weighted by Gasteiger charge is -2.37. The third kappa shape index (κ3) is 3.88. The fourth-order valence-electron chi connectivity index (χ4n) is 5.03. The number of carbonyl (C=O) groups excluding carboxylic acids is 1. The van der Waals surface area contributed by atoms with E-state index in [0.717, 1.165) is 47.8 Å². The molecule has 5 rings (SSSR count). The highest BCUT2D eigenvalue weighted by Gasteiger charge is 2.31. The predicted octanol–water partition coefficient (Wildman–Crippen LogP) is 5.27. The van der Waals surface area contributed by atoms with Gasteiger partial charge in [0.25, 0.3) is 5.91 Å². The normalized spacial score (nSPS) is 18.9. The number of imidazole rings is 1. The molecule has 2 aromatic heterocycles. The Labute approximate surface area is 182 Å². The number of nitrogens with zero attached hydrogens (tertiary/aromatic N) is 3. The van der Waals surface area contributed by atoms with Crippen LogP contribution in [0.5, 0.6) is 0 Å². The van der Waals surface area contributed by atoms with E-state index < -0.39 is 0 Å². The smallest absolute Gasteiger partial charge is 0.256 e. The molecular formula is C26H28N4O. The molecule has 0 atom stereocenters. The highest BCUT2D eigenvalue weighted by Crippen LogP contribution is 2.36. The molecule has 2 aromatic carbocycles. The third-order valence-corrected chi connectivity index (χ3v) is 6.69. The van der Waals surface area contributed by atoms with Crippen molar-refractivity contribution in [2.75, 3.05) is 0 Å². The Morgan fingerprint density at radius 1 is 1.06 bits per heavy atom. The van der Waals surface area contributed by atoms with Crippen LogP contribution in [0.4, 0.5) is 0 Å². The van der Waals surface area contributed by atoms with E-state index in [9.17, 15) is 4.79 Å². The van der Waals surface area contributed by atoms with Crippen LogP contribution >= 0.6 is 0 Å². The Morgan fingerprint density at radius 3 is 2.55 bits per heavy atom. The zero-order valence-corrected chi connectivity index (χ0v) is 17.9. The molecule has 0 unspecified atom stereocenters. The second kappa shape index (κ2) is 8.42. The van der Waals surface area contributed by atoms with E-state index in [2.05, 4.69) is 51.3 Å². The fourth-order valence-corrected chi connectivity index (χ4v) is 5.03. The van der Waals surface area contributed by atoms with Gasteiger partial charge < -0.3 is 14.5 Å². The molecule has 1 aliphatic rings. The summed E-state index contributed by atoms with van der Waals surface area (Å²) in [5.41, 5.74) is 4.25. The molecular weight excluding hydrogens is 384 g/mol. The number of aromatic amines is 1.